The van der Waals surface area contributed by atoms with Crippen molar-refractivity contribution in [1.82, 2.24) is 14.8 Å². The van der Waals surface area contributed by atoms with Crippen LogP contribution in [0.1, 0.15) is 10.6 Å². The molecule has 0 atom stereocenters. The van der Waals surface area contributed by atoms with Gasteiger partial charge in [0.05, 0.1) is 14.2 Å². The Morgan fingerprint density at radius 2 is 2.06 bits per heavy atom. The molecule has 92 valence electrons. The molecule has 0 aliphatic rings. The third-order valence-electron chi connectivity index (χ3n) is 1.70. The summed E-state index contributed by atoms with van der Waals surface area (Å²) in [5.74, 6) is -2.90. The fourth-order valence-corrected chi connectivity index (χ4v) is 0.947. The first kappa shape index (κ1) is 12.5. The molecule has 0 unspecified atom stereocenters. The van der Waals surface area contributed by atoms with Crippen LogP contribution in [0, 0.1) is 10.1 Å². The zero-order valence-corrected chi connectivity index (χ0v) is 8.95. The number of ether oxygens (including phenoxy) is 2. The van der Waals surface area contributed by atoms with Gasteiger partial charge in [-0.25, -0.2) is 4.79 Å². The van der Waals surface area contributed by atoms with Crippen molar-refractivity contribution in [2.24, 2.45) is 0 Å². The van der Waals surface area contributed by atoms with Crippen LogP contribution in [0.2, 0.25) is 0 Å². The summed E-state index contributed by atoms with van der Waals surface area (Å²) in [4.78, 5) is 35.1. The molecule has 0 bridgehead atoms. The van der Waals surface area contributed by atoms with Crippen molar-refractivity contribution in [2.45, 2.75) is 6.54 Å². The average molecular weight is 244 g/mol. The minimum atomic E-state index is -0.936. The first-order valence-corrected chi connectivity index (χ1v) is 4.24. The van der Waals surface area contributed by atoms with Crippen molar-refractivity contribution >= 4 is 17.9 Å². The monoisotopic (exact) mass is 244 g/mol. The lowest BCUT2D eigenvalue weighted by Gasteiger charge is -1.97. The molecule has 0 fully saturated rings. The Bertz CT molecular complexity index is 467. The minimum Gasteiger partial charge on any atom is -0.468 e. The zero-order valence-electron chi connectivity index (χ0n) is 8.95. The van der Waals surface area contributed by atoms with Crippen LogP contribution in [0.15, 0.2) is 0 Å². The van der Waals surface area contributed by atoms with Crippen LogP contribution < -0.4 is 0 Å². The Hall–Kier alpha value is -2.52. The van der Waals surface area contributed by atoms with Crippen molar-refractivity contribution in [3.63, 3.8) is 0 Å². The van der Waals surface area contributed by atoms with Crippen LogP contribution in [0.25, 0.3) is 0 Å². The van der Waals surface area contributed by atoms with Crippen LogP contribution >= 0.6 is 0 Å². The number of esters is 2. The zero-order chi connectivity index (χ0) is 13.0. The second-order valence-electron chi connectivity index (χ2n) is 2.72. The van der Waals surface area contributed by atoms with Gasteiger partial charge < -0.3 is 19.6 Å². The molecule has 1 aromatic heterocycles. The Kier molecular flexibility index (Phi) is 3.70. The molecule has 0 saturated heterocycles. The summed E-state index contributed by atoms with van der Waals surface area (Å²) in [5, 5.41) is 13.8. The van der Waals surface area contributed by atoms with E-state index in [4.69, 9.17) is 0 Å². The highest BCUT2D eigenvalue weighted by Gasteiger charge is 2.29. The maximum atomic E-state index is 11.2. The van der Waals surface area contributed by atoms with E-state index in [0.29, 0.717) is 0 Å². The summed E-state index contributed by atoms with van der Waals surface area (Å²) in [7, 11) is 2.21. The highest BCUT2D eigenvalue weighted by atomic mass is 16.6. The second kappa shape index (κ2) is 5.01. The lowest BCUT2D eigenvalue weighted by molar-refractivity contribution is -0.394. The molecular formula is C7H8N4O6. The third kappa shape index (κ3) is 2.74. The first-order valence-electron chi connectivity index (χ1n) is 4.24. The third-order valence-corrected chi connectivity index (χ3v) is 1.70. The Labute approximate surface area is 94.3 Å². The number of nitro groups is 1. The van der Waals surface area contributed by atoms with Gasteiger partial charge in [0.2, 0.25) is 0 Å². The summed E-state index contributed by atoms with van der Waals surface area (Å²) >= 11 is 0. The first-order chi connectivity index (χ1) is 7.99. The maximum Gasteiger partial charge on any atom is 0.491 e. The Morgan fingerprint density at radius 3 is 2.53 bits per heavy atom. The summed E-state index contributed by atoms with van der Waals surface area (Å²) in [6.07, 6.45) is 0. The van der Waals surface area contributed by atoms with E-state index in [1.54, 1.807) is 0 Å². The molecule has 1 aromatic rings. The Balaban J connectivity index is 3.12. The number of hydrogen-bond donors (Lipinski definition) is 0. The minimum absolute atomic E-state index is 0.440. The van der Waals surface area contributed by atoms with Crippen molar-refractivity contribution in [2.75, 3.05) is 14.2 Å². The van der Waals surface area contributed by atoms with Gasteiger partial charge >= 0.3 is 23.7 Å². The summed E-state index contributed by atoms with van der Waals surface area (Å²) in [5.41, 5.74) is 0. The highest BCUT2D eigenvalue weighted by Crippen LogP contribution is 2.07. The second-order valence-corrected chi connectivity index (χ2v) is 2.72. The van der Waals surface area contributed by atoms with Gasteiger partial charge in [-0.1, -0.05) is 0 Å². The smallest absolute Gasteiger partial charge is 0.468 e. The molecule has 0 aromatic carbocycles. The van der Waals surface area contributed by atoms with E-state index in [1.807, 2.05) is 0 Å². The van der Waals surface area contributed by atoms with Crippen molar-refractivity contribution < 1.29 is 24.0 Å². The van der Waals surface area contributed by atoms with Crippen molar-refractivity contribution in [3.8, 4) is 0 Å². The van der Waals surface area contributed by atoms with Gasteiger partial charge in [-0.15, -0.1) is 4.68 Å². The molecule has 10 nitrogen and oxygen atoms in total. The van der Waals surface area contributed by atoms with E-state index in [1.165, 1.54) is 0 Å². The van der Waals surface area contributed by atoms with E-state index >= 15 is 0 Å². The summed E-state index contributed by atoms with van der Waals surface area (Å²) in [6.45, 7) is -0.470. The summed E-state index contributed by atoms with van der Waals surface area (Å²) < 4.78 is 9.44. The van der Waals surface area contributed by atoms with E-state index in [9.17, 15) is 19.7 Å². The number of hydrogen-bond acceptors (Lipinski definition) is 8. The van der Waals surface area contributed by atoms with Gasteiger partial charge in [0, 0.05) is 5.10 Å². The maximum absolute atomic E-state index is 11.2. The lowest BCUT2D eigenvalue weighted by atomic mass is 10.5. The van der Waals surface area contributed by atoms with Gasteiger partial charge in [0.1, 0.15) is 0 Å². The number of methoxy groups -OCH3 is 2. The molecule has 0 aliphatic heterocycles. The van der Waals surface area contributed by atoms with Crippen LogP contribution in [0.3, 0.4) is 0 Å². The molecule has 0 saturated carbocycles. The number of nitrogens with zero attached hydrogens (tertiary/aromatic N) is 4. The predicted molar refractivity (Wildman–Crippen MR) is 50.0 cm³/mol. The van der Waals surface area contributed by atoms with Gasteiger partial charge in [0.25, 0.3) is 0 Å². The van der Waals surface area contributed by atoms with E-state index in [-0.39, 0.29) is 0 Å². The molecule has 0 aliphatic carbocycles. The quantitative estimate of drug-likeness (QED) is 0.380. The predicted octanol–water partition coefficient (Wildman–Crippen LogP) is -0.854. The van der Waals surface area contributed by atoms with Gasteiger partial charge in [0.15, 0.2) is 6.54 Å². The fourth-order valence-electron chi connectivity index (χ4n) is 0.947. The number of aromatic nitrogens is 3. The van der Waals surface area contributed by atoms with E-state index in [0.717, 1.165) is 18.9 Å². The van der Waals surface area contributed by atoms with Gasteiger partial charge in [-0.05, 0) is 9.91 Å². The topological polar surface area (TPSA) is 126 Å². The van der Waals surface area contributed by atoms with Crippen molar-refractivity contribution in [3.05, 3.63) is 15.9 Å². The van der Waals surface area contributed by atoms with Gasteiger partial charge in [-0.3, -0.25) is 4.79 Å². The SMILES string of the molecule is COC(=O)Cn1nc([N+](=O)[O-])nc1C(=O)OC. The number of carbonyl (C=O) groups excluding carboxylic acids is 2. The molecule has 1 rings (SSSR count). The highest BCUT2D eigenvalue weighted by molar-refractivity contribution is 5.86. The van der Waals surface area contributed by atoms with E-state index < -0.39 is 35.2 Å². The van der Waals surface area contributed by atoms with Crippen LogP contribution in [0.4, 0.5) is 5.95 Å². The molecule has 17 heavy (non-hydrogen) atoms. The molecule has 0 radical (unpaired) electrons. The van der Waals surface area contributed by atoms with Crippen molar-refractivity contribution in [1.29, 1.82) is 0 Å². The normalized spacial score (nSPS) is 9.76. The van der Waals surface area contributed by atoms with Crippen LogP contribution in [0.5, 0.6) is 0 Å². The molecule has 10 heteroatoms. The molecule has 0 amide bonds. The summed E-state index contributed by atoms with van der Waals surface area (Å²) in [6, 6.07) is 0. The Morgan fingerprint density at radius 1 is 1.41 bits per heavy atom. The molecule has 0 N–H and O–H groups in total. The lowest BCUT2D eigenvalue weighted by Crippen LogP contribution is -2.18. The largest absolute Gasteiger partial charge is 0.491 e. The standard InChI is InChI=1S/C7H8N4O6/c1-16-4(12)3-10-5(6(13)17-2)8-7(9-10)11(14)15/h3H2,1-2H3. The van der Waals surface area contributed by atoms with Crippen LogP contribution in [-0.2, 0) is 20.8 Å². The van der Waals surface area contributed by atoms with Gasteiger partial charge in [-0.2, -0.15) is 0 Å². The van der Waals surface area contributed by atoms with Crippen LogP contribution in [-0.4, -0.2) is 45.8 Å². The number of rotatable bonds is 4. The van der Waals surface area contributed by atoms with E-state index in [2.05, 4.69) is 19.6 Å². The average Bonchev–Trinajstić information content (AvgIpc) is 2.72. The molecule has 1 heterocycles. The number of carbonyl (C=O) groups is 2. The molecular weight excluding hydrogens is 236 g/mol. The fraction of sp³-hybridized carbons (Fsp3) is 0.429. The molecule has 0 spiro atoms.